The van der Waals surface area contributed by atoms with Crippen molar-refractivity contribution in [2.75, 3.05) is 32.1 Å². The van der Waals surface area contributed by atoms with Crippen molar-refractivity contribution >= 4 is 5.95 Å². The first kappa shape index (κ1) is 22.5. The molecule has 33 heavy (non-hydrogen) atoms. The highest BCUT2D eigenvalue weighted by molar-refractivity contribution is 5.37. The van der Waals surface area contributed by atoms with Gasteiger partial charge in [-0.15, -0.1) is 0 Å². The second kappa shape index (κ2) is 8.20. The van der Waals surface area contributed by atoms with E-state index in [0.717, 1.165) is 44.9 Å². The van der Waals surface area contributed by atoms with Gasteiger partial charge in [0, 0.05) is 24.2 Å². The molecule has 2 aliphatic carbocycles. The van der Waals surface area contributed by atoms with Gasteiger partial charge in [0.2, 0.25) is 5.95 Å². The summed E-state index contributed by atoms with van der Waals surface area (Å²) in [5.74, 6) is 0.398. The van der Waals surface area contributed by atoms with Crippen LogP contribution < -0.4 is 4.90 Å². The molecule has 5 rings (SSSR count). The number of aromatic nitrogens is 2. The number of anilines is 1. The van der Waals surface area contributed by atoms with E-state index in [1.54, 1.807) is 0 Å². The molecular weight excluding hydrogens is 418 g/mol. The summed E-state index contributed by atoms with van der Waals surface area (Å²) < 4.78 is 0. The second-order valence-corrected chi connectivity index (χ2v) is 10.4. The van der Waals surface area contributed by atoms with Crippen molar-refractivity contribution in [2.45, 2.75) is 68.0 Å². The van der Waals surface area contributed by atoms with Crippen molar-refractivity contribution in [2.24, 2.45) is 0 Å². The van der Waals surface area contributed by atoms with Crippen molar-refractivity contribution < 1.29 is 15.3 Å². The van der Waals surface area contributed by atoms with Gasteiger partial charge in [0.15, 0.2) is 12.1 Å². The summed E-state index contributed by atoms with van der Waals surface area (Å²) in [5, 5.41) is 32.1. The average molecular weight is 454 g/mol. The molecule has 2 saturated carbocycles. The topological polar surface area (TPSA) is 96.2 Å². The van der Waals surface area contributed by atoms with Gasteiger partial charge in [-0.05, 0) is 64.6 Å². The zero-order valence-electron chi connectivity index (χ0n) is 19.6. The molecule has 1 unspecified atom stereocenters. The molecule has 1 spiro atoms. The van der Waals surface area contributed by atoms with E-state index in [4.69, 9.17) is 0 Å². The third kappa shape index (κ3) is 3.79. The van der Waals surface area contributed by atoms with Crippen LogP contribution in [-0.4, -0.2) is 79.8 Å². The Morgan fingerprint density at radius 3 is 2.18 bits per heavy atom. The fraction of sp³-hybridized carbons (Fsp3) is 0.600. The molecule has 3 N–H and O–H groups in total. The van der Waals surface area contributed by atoms with Gasteiger partial charge in [-0.25, -0.2) is 9.97 Å². The quantitative estimate of drug-likeness (QED) is 0.635. The van der Waals surface area contributed by atoms with Gasteiger partial charge in [0.1, 0.15) is 0 Å². The Bertz CT molecular complexity index is 956. The molecule has 178 valence electrons. The summed E-state index contributed by atoms with van der Waals surface area (Å²) in [5.41, 5.74) is 0.250. The van der Waals surface area contributed by atoms with E-state index in [1.807, 2.05) is 4.90 Å². The van der Waals surface area contributed by atoms with Gasteiger partial charge < -0.3 is 20.2 Å². The van der Waals surface area contributed by atoms with Crippen LogP contribution in [0.5, 0.6) is 5.75 Å². The average Bonchev–Trinajstić information content (AvgIpc) is 3.06. The summed E-state index contributed by atoms with van der Waals surface area (Å²) in [6.07, 6.45) is 8.06. The number of β-amino-alcohol motifs (C(OH)–C–C–N with tert-alkyl or cyclic N) is 1. The van der Waals surface area contributed by atoms with Crippen LogP contribution in [0.1, 0.15) is 50.5 Å². The van der Waals surface area contributed by atoms with Gasteiger partial charge >= 0.3 is 0 Å². The van der Waals surface area contributed by atoms with Crippen LogP contribution in [0, 0.1) is 0 Å². The fourth-order valence-corrected chi connectivity index (χ4v) is 6.17. The van der Waals surface area contributed by atoms with Crippen molar-refractivity contribution in [3.63, 3.8) is 0 Å². The van der Waals surface area contributed by atoms with Crippen LogP contribution in [0.4, 0.5) is 5.95 Å². The summed E-state index contributed by atoms with van der Waals surface area (Å²) >= 11 is 0. The molecule has 1 saturated heterocycles. The van der Waals surface area contributed by atoms with Gasteiger partial charge in [0.05, 0.1) is 18.0 Å². The molecule has 0 amide bonds. The van der Waals surface area contributed by atoms with E-state index in [0.29, 0.717) is 19.0 Å². The van der Waals surface area contributed by atoms with E-state index in [-0.39, 0.29) is 16.8 Å². The Morgan fingerprint density at radius 2 is 1.64 bits per heavy atom. The lowest BCUT2D eigenvalue weighted by atomic mass is 9.67. The second-order valence-electron chi connectivity index (χ2n) is 10.4. The Labute approximate surface area is 195 Å². The molecule has 1 atom stereocenters. The monoisotopic (exact) mass is 453 g/mol. The van der Waals surface area contributed by atoms with E-state index in [1.165, 1.54) is 18.0 Å². The largest absolute Gasteiger partial charge is 0.505 e. The van der Waals surface area contributed by atoms with Crippen LogP contribution in [0.15, 0.2) is 42.7 Å². The number of aliphatic hydroxyl groups is 2. The zero-order chi connectivity index (χ0) is 23.3. The Hall–Kier alpha value is -2.26. The lowest BCUT2D eigenvalue weighted by Gasteiger charge is -2.53. The molecular formula is C25H35N5O3. The normalized spacial score (nSPS) is 31.8. The maximum Gasteiger partial charge on any atom is 0.228 e. The van der Waals surface area contributed by atoms with Crippen molar-refractivity contribution in [1.82, 2.24) is 19.8 Å². The Morgan fingerprint density at radius 1 is 1.00 bits per heavy atom. The molecule has 2 aromatic rings. The maximum atomic E-state index is 11.4. The number of rotatable bonds is 5. The number of aliphatic hydroxyl groups excluding tert-OH is 1. The minimum Gasteiger partial charge on any atom is -0.505 e. The summed E-state index contributed by atoms with van der Waals surface area (Å²) in [6.45, 7) is 1.04. The van der Waals surface area contributed by atoms with Crippen LogP contribution >= 0.6 is 0 Å². The van der Waals surface area contributed by atoms with Gasteiger partial charge in [-0.3, -0.25) is 9.80 Å². The minimum atomic E-state index is -0.914. The minimum absolute atomic E-state index is 0.000852. The van der Waals surface area contributed by atoms with Gasteiger partial charge in [-0.1, -0.05) is 30.3 Å². The molecule has 0 radical (unpaired) electrons. The predicted octanol–water partition coefficient (Wildman–Crippen LogP) is 2.26. The standard InChI is InChI=1S/C25H35N5O3/c1-28(2)25(19-7-4-3-5-8-19)13-11-23(12-14-25)17-29(21-26-15-20(31)16-27-21)22(32)30(23)18-24(33)9-6-10-24/h3-5,7-8,15-16,22,31-33H,6,9-14,17-18H2,1-2H3/t22?,23-,25+. The Balaban J connectivity index is 1.46. The Kier molecular flexibility index (Phi) is 5.60. The van der Waals surface area contributed by atoms with Crippen molar-refractivity contribution in [3.05, 3.63) is 48.3 Å². The molecule has 1 aromatic heterocycles. The predicted molar refractivity (Wildman–Crippen MR) is 126 cm³/mol. The molecule has 1 aliphatic heterocycles. The number of hydrogen-bond donors (Lipinski definition) is 3. The molecule has 8 nitrogen and oxygen atoms in total. The fourth-order valence-electron chi connectivity index (χ4n) is 6.17. The molecule has 0 bridgehead atoms. The number of nitrogens with zero attached hydrogens (tertiary/aromatic N) is 5. The highest BCUT2D eigenvalue weighted by Gasteiger charge is 2.57. The highest BCUT2D eigenvalue weighted by Crippen LogP contribution is 2.50. The highest BCUT2D eigenvalue weighted by atomic mass is 16.3. The molecule has 2 heterocycles. The van der Waals surface area contributed by atoms with Crippen LogP contribution in [0.3, 0.4) is 0 Å². The smallest absolute Gasteiger partial charge is 0.228 e. The first-order valence-corrected chi connectivity index (χ1v) is 11.9. The van der Waals surface area contributed by atoms with E-state index >= 15 is 0 Å². The molecule has 3 fully saturated rings. The number of aromatic hydroxyl groups is 1. The molecule has 1 aromatic carbocycles. The first-order chi connectivity index (χ1) is 15.8. The third-order valence-corrected chi connectivity index (χ3v) is 8.44. The van der Waals surface area contributed by atoms with Crippen LogP contribution in [-0.2, 0) is 5.54 Å². The SMILES string of the molecule is CN(C)[C@]1(c2ccccc2)CC[C@]2(CC1)CN(c1ncc(O)cn1)C(O)N2CC1(O)CCC1. The number of benzene rings is 1. The van der Waals surface area contributed by atoms with Crippen molar-refractivity contribution in [3.8, 4) is 5.75 Å². The molecule has 8 heteroatoms. The van der Waals surface area contributed by atoms with Crippen molar-refractivity contribution in [1.29, 1.82) is 0 Å². The van der Waals surface area contributed by atoms with Crippen LogP contribution in [0.2, 0.25) is 0 Å². The lowest BCUT2D eigenvalue weighted by molar-refractivity contribution is -0.124. The summed E-state index contributed by atoms with van der Waals surface area (Å²) in [4.78, 5) is 14.8. The summed E-state index contributed by atoms with van der Waals surface area (Å²) in [6, 6.07) is 10.7. The zero-order valence-corrected chi connectivity index (χ0v) is 19.6. The van der Waals surface area contributed by atoms with E-state index in [2.05, 4.69) is 64.2 Å². The van der Waals surface area contributed by atoms with Crippen LogP contribution in [0.25, 0.3) is 0 Å². The van der Waals surface area contributed by atoms with Gasteiger partial charge in [-0.2, -0.15) is 0 Å². The lowest BCUT2D eigenvalue weighted by Crippen LogP contribution is -2.60. The van der Waals surface area contributed by atoms with E-state index < -0.39 is 12.0 Å². The third-order valence-electron chi connectivity index (χ3n) is 8.44. The number of hydrogen-bond acceptors (Lipinski definition) is 8. The van der Waals surface area contributed by atoms with E-state index in [9.17, 15) is 15.3 Å². The maximum absolute atomic E-state index is 11.4. The first-order valence-electron chi connectivity index (χ1n) is 11.9. The molecule has 3 aliphatic rings. The van der Waals surface area contributed by atoms with Gasteiger partial charge in [0.25, 0.3) is 0 Å². The summed E-state index contributed by atoms with van der Waals surface area (Å²) in [7, 11) is 4.31.